The normalized spacial score (nSPS) is 36.3. The Kier molecular flexibility index (Phi) is 2.88. The highest BCUT2D eigenvalue weighted by Crippen LogP contribution is 2.55. The molecule has 22 heavy (non-hydrogen) atoms. The Morgan fingerprint density at radius 3 is 2.41 bits per heavy atom. The zero-order valence-electron chi connectivity index (χ0n) is 13.1. The lowest BCUT2D eigenvalue weighted by molar-refractivity contribution is -0.0193. The van der Waals surface area contributed by atoms with E-state index in [-0.39, 0.29) is 0 Å². The molecular weight excluding hydrogens is 270 g/mol. The maximum atomic E-state index is 4.70. The molecule has 6 rings (SSSR count). The first-order valence-electron chi connectivity index (χ1n) is 8.97. The second kappa shape index (κ2) is 4.82. The first-order chi connectivity index (χ1) is 10.8. The largest absolute Gasteiger partial charge is 0.342 e. The van der Waals surface area contributed by atoms with Crippen molar-refractivity contribution in [2.45, 2.75) is 50.5 Å². The molecule has 2 N–H and O–H groups in total. The van der Waals surface area contributed by atoms with Crippen LogP contribution < -0.4 is 5.32 Å². The molecule has 4 bridgehead atoms. The van der Waals surface area contributed by atoms with Gasteiger partial charge in [-0.1, -0.05) is 12.1 Å². The van der Waals surface area contributed by atoms with Gasteiger partial charge in [-0.3, -0.25) is 0 Å². The van der Waals surface area contributed by atoms with E-state index in [1.807, 2.05) is 0 Å². The fourth-order valence-electron chi connectivity index (χ4n) is 5.90. The molecule has 0 amide bonds. The average molecular weight is 295 g/mol. The molecule has 0 atom stereocenters. The minimum absolute atomic E-state index is 0.473. The number of aromatic amines is 1. The summed E-state index contributed by atoms with van der Waals surface area (Å²) in [4.78, 5) is 8.15. The van der Waals surface area contributed by atoms with Crippen LogP contribution in [0.4, 0.5) is 0 Å². The number of nitrogens with zero attached hydrogens (tertiary/aromatic N) is 1. The second-order valence-electron chi connectivity index (χ2n) is 8.08. The van der Waals surface area contributed by atoms with Crippen molar-refractivity contribution in [2.75, 3.05) is 6.54 Å². The maximum absolute atomic E-state index is 4.70. The molecule has 3 heteroatoms. The third kappa shape index (κ3) is 2.18. The van der Waals surface area contributed by atoms with Crippen molar-refractivity contribution >= 4 is 11.0 Å². The smallest absolute Gasteiger partial charge is 0.108 e. The molecule has 0 saturated heterocycles. The van der Waals surface area contributed by atoms with Gasteiger partial charge in [-0.2, -0.15) is 0 Å². The quantitative estimate of drug-likeness (QED) is 0.903. The van der Waals surface area contributed by atoms with Crippen LogP contribution in [0.15, 0.2) is 24.3 Å². The minimum Gasteiger partial charge on any atom is -0.342 e. The Bertz CT molecular complexity index is 619. The zero-order chi connectivity index (χ0) is 14.6. The van der Waals surface area contributed by atoms with Crippen LogP contribution in [-0.2, 0) is 6.42 Å². The Morgan fingerprint density at radius 2 is 1.73 bits per heavy atom. The number of imidazole rings is 1. The summed E-state index contributed by atoms with van der Waals surface area (Å²) in [7, 11) is 0. The van der Waals surface area contributed by atoms with Crippen LogP contribution >= 0.6 is 0 Å². The van der Waals surface area contributed by atoms with E-state index in [0.29, 0.717) is 5.54 Å². The number of H-pyrrole nitrogens is 1. The number of para-hydroxylation sites is 2. The molecule has 0 unspecified atom stereocenters. The molecule has 2 aromatic rings. The second-order valence-corrected chi connectivity index (χ2v) is 8.08. The first kappa shape index (κ1) is 13.1. The number of rotatable bonds is 4. The van der Waals surface area contributed by atoms with Gasteiger partial charge in [0.1, 0.15) is 5.82 Å². The van der Waals surface area contributed by atoms with Crippen molar-refractivity contribution in [1.82, 2.24) is 15.3 Å². The van der Waals surface area contributed by atoms with E-state index in [0.717, 1.165) is 47.6 Å². The molecule has 0 radical (unpaired) electrons. The highest BCUT2D eigenvalue weighted by molar-refractivity contribution is 5.74. The van der Waals surface area contributed by atoms with Gasteiger partial charge in [0.25, 0.3) is 0 Å². The molecule has 1 heterocycles. The van der Waals surface area contributed by atoms with Crippen LogP contribution in [0.5, 0.6) is 0 Å². The van der Waals surface area contributed by atoms with Crippen LogP contribution in [0.25, 0.3) is 11.0 Å². The summed E-state index contributed by atoms with van der Waals surface area (Å²) < 4.78 is 0. The summed E-state index contributed by atoms with van der Waals surface area (Å²) >= 11 is 0. The van der Waals surface area contributed by atoms with Crippen molar-refractivity contribution in [1.29, 1.82) is 0 Å². The summed E-state index contributed by atoms with van der Waals surface area (Å²) in [6, 6.07) is 8.32. The van der Waals surface area contributed by atoms with Crippen LogP contribution in [0.1, 0.15) is 44.3 Å². The first-order valence-corrected chi connectivity index (χ1v) is 8.97. The van der Waals surface area contributed by atoms with Crippen molar-refractivity contribution < 1.29 is 0 Å². The molecule has 1 aromatic carbocycles. The van der Waals surface area contributed by atoms with Crippen LogP contribution in [0, 0.1) is 17.8 Å². The van der Waals surface area contributed by atoms with Crippen molar-refractivity contribution in [3.8, 4) is 0 Å². The number of aromatic nitrogens is 2. The van der Waals surface area contributed by atoms with Crippen LogP contribution in [-0.4, -0.2) is 22.1 Å². The molecular formula is C19H25N3. The molecule has 3 nitrogen and oxygen atoms in total. The van der Waals surface area contributed by atoms with E-state index in [2.05, 4.69) is 34.6 Å². The number of benzene rings is 1. The van der Waals surface area contributed by atoms with Gasteiger partial charge in [-0.15, -0.1) is 0 Å². The van der Waals surface area contributed by atoms with Gasteiger partial charge < -0.3 is 10.3 Å². The van der Waals surface area contributed by atoms with Gasteiger partial charge in [0, 0.05) is 18.5 Å². The molecule has 116 valence electrons. The predicted octanol–water partition coefficient (Wildman–Crippen LogP) is 3.66. The SMILES string of the molecule is c1ccc2[nH]c(CCNC34CC5CC(CC(C5)C3)C4)nc2c1. The lowest BCUT2D eigenvalue weighted by Gasteiger charge is -2.57. The molecule has 4 fully saturated rings. The van der Waals surface area contributed by atoms with Crippen molar-refractivity contribution in [3.05, 3.63) is 30.1 Å². The third-order valence-electron chi connectivity index (χ3n) is 6.34. The standard InChI is InChI=1S/C19H25N3/c1-2-4-17-16(3-1)21-18(22-17)5-6-20-19-10-13-7-14(11-19)9-15(8-13)12-19/h1-4,13-15,20H,5-12H2,(H,21,22). The Labute approximate surface area is 131 Å². The van der Waals surface area contributed by atoms with Crippen molar-refractivity contribution in [3.63, 3.8) is 0 Å². The summed E-state index contributed by atoms with van der Waals surface area (Å²) in [6.07, 6.45) is 9.85. The predicted molar refractivity (Wildman–Crippen MR) is 88.7 cm³/mol. The zero-order valence-corrected chi connectivity index (χ0v) is 13.1. The Balaban J connectivity index is 1.26. The fraction of sp³-hybridized carbons (Fsp3) is 0.632. The topological polar surface area (TPSA) is 40.7 Å². The van der Waals surface area contributed by atoms with Crippen LogP contribution in [0.2, 0.25) is 0 Å². The summed E-state index contributed by atoms with van der Waals surface area (Å²) in [5.41, 5.74) is 2.72. The number of hydrogen-bond acceptors (Lipinski definition) is 2. The lowest BCUT2D eigenvalue weighted by Crippen LogP contribution is -2.58. The summed E-state index contributed by atoms with van der Waals surface area (Å²) in [6.45, 7) is 1.06. The molecule has 4 aliphatic carbocycles. The van der Waals surface area contributed by atoms with E-state index in [1.54, 1.807) is 0 Å². The van der Waals surface area contributed by atoms with Crippen molar-refractivity contribution in [2.24, 2.45) is 17.8 Å². The van der Waals surface area contributed by atoms with Gasteiger partial charge >= 0.3 is 0 Å². The van der Waals surface area contributed by atoms with Crippen LogP contribution in [0.3, 0.4) is 0 Å². The van der Waals surface area contributed by atoms with E-state index >= 15 is 0 Å². The Morgan fingerprint density at radius 1 is 1.05 bits per heavy atom. The fourth-order valence-corrected chi connectivity index (χ4v) is 5.90. The van der Waals surface area contributed by atoms with Gasteiger partial charge in [0.2, 0.25) is 0 Å². The molecule has 4 saturated carbocycles. The molecule has 0 spiro atoms. The van der Waals surface area contributed by atoms with Gasteiger partial charge in [0.05, 0.1) is 11.0 Å². The van der Waals surface area contributed by atoms with E-state index in [4.69, 9.17) is 4.98 Å². The Hall–Kier alpha value is -1.35. The molecule has 0 aliphatic heterocycles. The summed E-state index contributed by atoms with van der Waals surface area (Å²) in [5.74, 6) is 4.18. The van der Waals surface area contributed by atoms with Gasteiger partial charge in [-0.05, 0) is 68.4 Å². The third-order valence-corrected chi connectivity index (χ3v) is 6.34. The molecule has 1 aromatic heterocycles. The average Bonchev–Trinajstić information content (AvgIpc) is 2.88. The maximum Gasteiger partial charge on any atom is 0.108 e. The van der Waals surface area contributed by atoms with Gasteiger partial charge in [-0.25, -0.2) is 4.98 Å². The number of fused-ring (bicyclic) bond motifs is 1. The summed E-state index contributed by atoms with van der Waals surface area (Å²) in [5, 5.41) is 3.96. The minimum atomic E-state index is 0.473. The number of hydrogen-bond donors (Lipinski definition) is 2. The highest BCUT2D eigenvalue weighted by atomic mass is 15.0. The monoisotopic (exact) mass is 295 g/mol. The highest BCUT2D eigenvalue weighted by Gasteiger charge is 2.50. The molecule has 4 aliphatic rings. The lowest BCUT2D eigenvalue weighted by atomic mass is 9.53. The van der Waals surface area contributed by atoms with Gasteiger partial charge in [0.15, 0.2) is 0 Å². The van der Waals surface area contributed by atoms with E-state index in [1.165, 1.54) is 38.5 Å². The number of nitrogens with one attached hydrogen (secondary N) is 2. The van der Waals surface area contributed by atoms with E-state index < -0.39 is 0 Å². The van der Waals surface area contributed by atoms with E-state index in [9.17, 15) is 0 Å².